The Labute approximate surface area is 174 Å². The van der Waals surface area contributed by atoms with Gasteiger partial charge in [0.05, 0.1) is 0 Å². The van der Waals surface area contributed by atoms with Crippen molar-refractivity contribution in [3.63, 3.8) is 0 Å². The standard InChI is InChI=1S/C16H21BrO11/c1-6(18)11(23)13(25,7(2)19)15(27,9(4)21)16(28,10(5)22)14(26,8(3)20)12(17)24/h11,23,25-28H,1-5H3/t11?,13-,14+,15-,16-/m1/s1/i1D,2D,3D,4D,5D. The largest absolute Gasteiger partial charge is 0.382 e. The summed E-state index contributed by atoms with van der Waals surface area (Å²) in [7, 11) is 0. The van der Waals surface area contributed by atoms with Crippen LogP contribution in [0.5, 0.6) is 0 Å². The molecule has 5 atom stereocenters. The van der Waals surface area contributed by atoms with Gasteiger partial charge in [-0.3, -0.25) is 28.8 Å². The predicted octanol–water partition coefficient (Wildman–Crippen LogP) is -2.86. The summed E-state index contributed by atoms with van der Waals surface area (Å²) in [6.45, 7) is -8.33. The number of rotatable bonds is 10. The molecular formula is C16H21BrO11. The number of hydrogen-bond acceptors (Lipinski definition) is 11. The van der Waals surface area contributed by atoms with E-state index in [0.29, 0.717) is 0 Å². The van der Waals surface area contributed by atoms with Crippen molar-refractivity contribution >= 4 is 49.5 Å². The average molecular weight is 474 g/mol. The summed E-state index contributed by atoms with van der Waals surface area (Å²) in [5.74, 6) is -10.8. The molecule has 0 amide bonds. The molecule has 0 aliphatic heterocycles. The van der Waals surface area contributed by atoms with E-state index in [0.717, 1.165) is 0 Å². The first-order valence-corrected chi connectivity index (χ1v) is 7.70. The topological polar surface area (TPSA) is 204 Å². The van der Waals surface area contributed by atoms with E-state index >= 15 is 0 Å². The minimum atomic E-state index is -4.80. The molecule has 5 N–H and O–H groups in total. The third-order valence-electron chi connectivity index (χ3n) is 4.22. The van der Waals surface area contributed by atoms with E-state index in [2.05, 4.69) is 0 Å². The van der Waals surface area contributed by atoms with Crippen LogP contribution in [-0.4, -0.2) is 87.6 Å². The van der Waals surface area contributed by atoms with Crippen LogP contribution in [0.15, 0.2) is 0 Å². The minimum Gasteiger partial charge on any atom is -0.382 e. The molecule has 0 aliphatic rings. The van der Waals surface area contributed by atoms with E-state index < -0.39 is 96.6 Å². The Morgan fingerprint density at radius 3 is 1.54 bits per heavy atom. The van der Waals surface area contributed by atoms with Gasteiger partial charge in [0, 0.05) is 6.85 Å². The highest BCUT2D eigenvalue weighted by Crippen LogP contribution is 2.45. The molecule has 0 saturated heterocycles. The number of aliphatic hydroxyl groups is 5. The smallest absolute Gasteiger partial charge is 0.240 e. The highest BCUT2D eigenvalue weighted by atomic mass is 79.9. The number of aliphatic hydroxyl groups excluding tert-OH is 1. The molecule has 12 heteroatoms. The molecule has 158 valence electrons. The lowest BCUT2D eigenvalue weighted by atomic mass is 9.57. The first-order valence-electron chi connectivity index (χ1n) is 10.4. The van der Waals surface area contributed by atoms with Gasteiger partial charge >= 0.3 is 0 Å². The Bertz CT molecular complexity index is 857. The van der Waals surface area contributed by atoms with Crippen molar-refractivity contribution in [1.82, 2.24) is 0 Å². The van der Waals surface area contributed by atoms with Crippen molar-refractivity contribution < 1.29 is 61.2 Å². The van der Waals surface area contributed by atoms with Crippen molar-refractivity contribution in [1.29, 1.82) is 0 Å². The minimum absolute atomic E-state index is 1.45. The zero-order valence-electron chi connectivity index (χ0n) is 19.2. The summed E-state index contributed by atoms with van der Waals surface area (Å²) in [6.07, 6.45) is -3.38. The second-order valence-electron chi connectivity index (χ2n) is 5.73. The summed E-state index contributed by atoms with van der Waals surface area (Å²) >= 11 is 2.04. The third-order valence-corrected chi connectivity index (χ3v) is 4.79. The fourth-order valence-electron chi connectivity index (χ4n) is 2.59. The van der Waals surface area contributed by atoms with Gasteiger partial charge in [-0.2, -0.15) is 0 Å². The van der Waals surface area contributed by atoms with Crippen LogP contribution in [0.4, 0.5) is 0 Å². The maximum atomic E-state index is 12.7. The molecule has 1 unspecified atom stereocenters. The molecule has 0 bridgehead atoms. The number of hydrogen-bond donors (Lipinski definition) is 5. The Morgan fingerprint density at radius 1 is 0.750 bits per heavy atom. The zero-order chi connectivity index (χ0) is 26.6. The first kappa shape index (κ1) is 18.3. The molecule has 28 heavy (non-hydrogen) atoms. The molecule has 0 heterocycles. The number of carbonyl (C=O) groups is 6. The zero-order valence-corrected chi connectivity index (χ0v) is 15.8. The molecule has 0 rings (SSSR count). The third kappa shape index (κ3) is 3.09. The average Bonchev–Trinajstić information content (AvgIpc) is 2.82. The van der Waals surface area contributed by atoms with Gasteiger partial charge < -0.3 is 25.5 Å². The van der Waals surface area contributed by atoms with Gasteiger partial charge in [-0.05, 0) is 50.4 Å². The van der Waals surface area contributed by atoms with Crippen LogP contribution < -0.4 is 0 Å². The normalized spacial score (nSPS) is 23.4. The SMILES string of the molecule is [2H]CC(=O)C(O)[C@](O)(C(=O)C[2H])[C@](O)(C(=O)C[2H])[C@@](O)(C(=O)C[2H])[C@@](O)(C(=O)Br)C(=O)C[2H]. The molecule has 0 aliphatic carbocycles. The molecule has 11 nitrogen and oxygen atoms in total. The van der Waals surface area contributed by atoms with Crippen LogP contribution in [0, 0.1) is 0 Å². The van der Waals surface area contributed by atoms with E-state index in [9.17, 15) is 54.3 Å². The van der Waals surface area contributed by atoms with Crippen molar-refractivity contribution in [3.8, 4) is 0 Å². The van der Waals surface area contributed by atoms with E-state index in [1.807, 2.05) is 15.9 Å². The van der Waals surface area contributed by atoms with Crippen LogP contribution in [0.25, 0.3) is 0 Å². The molecular weight excluding hydrogens is 448 g/mol. The second-order valence-corrected chi connectivity index (χ2v) is 6.45. The van der Waals surface area contributed by atoms with Gasteiger partial charge in [0.1, 0.15) is 0 Å². The number of halogens is 1. The molecule has 0 fully saturated rings. The lowest BCUT2D eigenvalue weighted by Crippen LogP contribution is -2.86. The lowest BCUT2D eigenvalue weighted by Gasteiger charge is -2.53. The highest BCUT2D eigenvalue weighted by Gasteiger charge is 2.80. The van der Waals surface area contributed by atoms with Gasteiger partial charge in [0.2, 0.25) is 21.5 Å². The predicted molar refractivity (Wildman–Crippen MR) is 93.1 cm³/mol. The monoisotopic (exact) mass is 473 g/mol. The highest BCUT2D eigenvalue weighted by molar-refractivity contribution is 9.18. The van der Waals surface area contributed by atoms with Crippen LogP contribution in [0.2, 0.25) is 0 Å². The van der Waals surface area contributed by atoms with Crippen LogP contribution in [-0.2, 0) is 28.8 Å². The molecule has 0 aromatic heterocycles. The fraction of sp³-hybridized carbons (Fsp3) is 0.625. The van der Waals surface area contributed by atoms with Gasteiger partial charge in [-0.25, -0.2) is 0 Å². The van der Waals surface area contributed by atoms with Crippen LogP contribution in [0.3, 0.4) is 0 Å². The number of Topliss-reactive ketones (excluding diaryl/α,β-unsaturated/α-hetero) is 5. The quantitative estimate of drug-likeness (QED) is 0.161. The van der Waals surface area contributed by atoms with Crippen LogP contribution in [0.1, 0.15) is 41.4 Å². The summed E-state index contributed by atoms with van der Waals surface area (Å²) in [6, 6.07) is 0. The summed E-state index contributed by atoms with van der Waals surface area (Å²) in [4.78, 5) is 74.3. The van der Waals surface area contributed by atoms with Crippen molar-refractivity contribution in [3.05, 3.63) is 0 Å². The van der Waals surface area contributed by atoms with Crippen molar-refractivity contribution in [2.75, 3.05) is 0 Å². The van der Waals surface area contributed by atoms with Crippen molar-refractivity contribution in [2.24, 2.45) is 0 Å². The van der Waals surface area contributed by atoms with E-state index in [1.54, 1.807) is 0 Å². The number of carbonyl (C=O) groups excluding carboxylic acids is 6. The maximum absolute atomic E-state index is 12.7. The van der Waals surface area contributed by atoms with Gasteiger partial charge in [0.25, 0.3) is 0 Å². The van der Waals surface area contributed by atoms with Crippen LogP contribution >= 0.6 is 15.9 Å². The Morgan fingerprint density at radius 2 is 1.18 bits per heavy atom. The van der Waals surface area contributed by atoms with Gasteiger partial charge in [0.15, 0.2) is 40.6 Å². The summed E-state index contributed by atoms with van der Waals surface area (Å²) < 4.78 is 33.6. The summed E-state index contributed by atoms with van der Waals surface area (Å²) in [5, 5.41) is 54.5. The molecule has 0 aromatic rings. The van der Waals surface area contributed by atoms with E-state index in [4.69, 9.17) is 6.85 Å². The lowest BCUT2D eigenvalue weighted by molar-refractivity contribution is -0.270. The Balaban J connectivity index is 8.16. The Hall–Kier alpha value is -1.70. The Kier molecular flexibility index (Phi) is 5.22. The number of ketones is 5. The second kappa shape index (κ2) is 7.97. The molecule has 0 spiro atoms. The molecule has 0 aromatic carbocycles. The van der Waals surface area contributed by atoms with Gasteiger partial charge in [-0.15, -0.1) is 0 Å². The van der Waals surface area contributed by atoms with Gasteiger partial charge in [-0.1, -0.05) is 0 Å². The van der Waals surface area contributed by atoms with E-state index in [1.165, 1.54) is 0 Å². The van der Waals surface area contributed by atoms with E-state index in [-0.39, 0.29) is 0 Å². The molecule has 0 radical (unpaired) electrons. The summed E-state index contributed by atoms with van der Waals surface area (Å²) in [5.41, 5.74) is -18.5. The molecule has 0 saturated carbocycles. The fourth-order valence-corrected chi connectivity index (χ4v) is 3.10. The maximum Gasteiger partial charge on any atom is 0.240 e. The van der Waals surface area contributed by atoms with Crippen molar-refractivity contribution in [2.45, 2.75) is 63.0 Å². The first-order chi connectivity index (χ1) is 15.0.